The van der Waals surface area contributed by atoms with Gasteiger partial charge in [-0.15, -0.1) is 12.4 Å². The van der Waals surface area contributed by atoms with Gasteiger partial charge in [-0.3, -0.25) is 0 Å². The zero-order valence-electron chi connectivity index (χ0n) is 9.39. The summed E-state index contributed by atoms with van der Waals surface area (Å²) < 4.78 is 5.58. The third-order valence-corrected chi connectivity index (χ3v) is 2.87. The van der Waals surface area contributed by atoms with Crippen molar-refractivity contribution in [2.24, 2.45) is 5.92 Å². The van der Waals surface area contributed by atoms with Crippen LogP contribution in [0.3, 0.4) is 0 Å². The Morgan fingerprint density at radius 3 is 2.81 bits per heavy atom. The van der Waals surface area contributed by atoms with E-state index in [1.807, 2.05) is 18.2 Å². The lowest BCUT2D eigenvalue weighted by atomic mass is 9.95. The van der Waals surface area contributed by atoms with Crippen molar-refractivity contribution >= 4 is 12.4 Å². The fourth-order valence-electron chi connectivity index (χ4n) is 1.93. The summed E-state index contributed by atoms with van der Waals surface area (Å²) in [5, 5.41) is 3.37. The number of piperidine rings is 1. The average Bonchev–Trinajstić information content (AvgIpc) is 2.32. The lowest BCUT2D eigenvalue weighted by Crippen LogP contribution is -2.28. The number of nitrogens with one attached hydrogen (secondary N) is 1. The van der Waals surface area contributed by atoms with Crippen LogP contribution in [0.15, 0.2) is 24.4 Å². The van der Waals surface area contributed by atoms with Crippen LogP contribution in [-0.2, 0) is 0 Å². The van der Waals surface area contributed by atoms with Crippen molar-refractivity contribution in [2.45, 2.75) is 19.3 Å². The molecule has 2 heterocycles. The quantitative estimate of drug-likeness (QED) is 0.880. The maximum absolute atomic E-state index is 5.58. The van der Waals surface area contributed by atoms with E-state index in [-0.39, 0.29) is 12.4 Å². The predicted octanol–water partition coefficient (Wildman–Crippen LogP) is 2.27. The minimum Gasteiger partial charge on any atom is -0.478 e. The number of halogens is 1. The number of hydrogen-bond acceptors (Lipinski definition) is 3. The molecule has 1 aliphatic heterocycles. The summed E-state index contributed by atoms with van der Waals surface area (Å²) in [6.45, 7) is 3.12. The van der Waals surface area contributed by atoms with Gasteiger partial charge in [0.05, 0.1) is 6.61 Å². The zero-order chi connectivity index (χ0) is 10.3. The zero-order valence-corrected chi connectivity index (χ0v) is 10.2. The Hall–Kier alpha value is -0.800. The topological polar surface area (TPSA) is 34.1 Å². The highest BCUT2D eigenvalue weighted by atomic mass is 35.5. The van der Waals surface area contributed by atoms with Gasteiger partial charge >= 0.3 is 0 Å². The fourth-order valence-corrected chi connectivity index (χ4v) is 1.93. The highest BCUT2D eigenvalue weighted by Gasteiger charge is 2.12. The van der Waals surface area contributed by atoms with E-state index in [0.29, 0.717) is 0 Å². The second kappa shape index (κ2) is 7.47. The molecular formula is C12H19ClN2O. The van der Waals surface area contributed by atoms with E-state index >= 15 is 0 Å². The van der Waals surface area contributed by atoms with Crippen LogP contribution in [0.1, 0.15) is 19.3 Å². The third kappa shape index (κ3) is 4.37. The molecule has 16 heavy (non-hydrogen) atoms. The molecule has 1 fully saturated rings. The lowest BCUT2D eigenvalue weighted by molar-refractivity contribution is 0.245. The molecule has 1 saturated heterocycles. The Bertz CT molecular complexity index is 276. The molecule has 0 aliphatic carbocycles. The molecule has 0 saturated carbocycles. The number of pyridine rings is 1. The first-order valence-electron chi connectivity index (χ1n) is 5.70. The molecule has 0 aromatic carbocycles. The standard InChI is InChI=1S/C12H18N2O.ClH/c1-2-7-14-12(3-1)15-10-6-11-4-8-13-9-5-11;/h1-3,7,11,13H,4-6,8-10H2;1H. The van der Waals surface area contributed by atoms with Gasteiger partial charge in [0.25, 0.3) is 0 Å². The number of hydrogen-bond donors (Lipinski definition) is 1. The van der Waals surface area contributed by atoms with Crippen LogP contribution in [-0.4, -0.2) is 24.7 Å². The molecule has 1 aromatic rings. The molecule has 4 heteroatoms. The van der Waals surface area contributed by atoms with Gasteiger partial charge in [-0.25, -0.2) is 4.98 Å². The molecule has 0 spiro atoms. The van der Waals surface area contributed by atoms with Crippen molar-refractivity contribution in [3.05, 3.63) is 24.4 Å². The summed E-state index contributed by atoms with van der Waals surface area (Å²) in [5.74, 6) is 1.57. The summed E-state index contributed by atoms with van der Waals surface area (Å²) in [7, 11) is 0. The van der Waals surface area contributed by atoms with Crippen molar-refractivity contribution < 1.29 is 4.74 Å². The van der Waals surface area contributed by atoms with Crippen LogP contribution in [0.25, 0.3) is 0 Å². The van der Waals surface area contributed by atoms with Crippen molar-refractivity contribution in [1.29, 1.82) is 0 Å². The van der Waals surface area contributed by atoms with E-state index < -0.39 is 0 Å². The van der Waals surface area contributed by atoms with E-state index in [4.69, 9.17) is 4.74 Å². The molecule has 90 valence electrons. The molecule has 1 aliphatic rings. The number of ether oxygens (including phenoxy) is 1. The number of aromatic nitrogens is 1. The van der Waals surface area contributed by atoms with Gasteiger partial charge in [-0.1, -0.05) is 6.07 Å². The molecule has 1 aromatic heterocycles. The first kappa shape index (κ1) is 13.3. The lowest BCUT2D eigenvalue weighted by Gasteiger charge is -2.22. The Kier molecular flexibility index (Phi) is 6.19. The second-order valence-electron chi connectivity index (χ2n) is 4.00. The molecule has 3 nitrogen and oxygen atoms in total. The van der Waals surface area contributed by atoms with Crippen molar-refractivity contribution in [2.75, 3.05) is 19.7 Å². The van der Waals surface area contributed by atoms with Crippen LogP contribution in [0, 0.1) is 5.92 Å². The minimum atomic E-state index is 0. The third-order valence-electron chi connectivity index (χ3n) is 2.87. The first-order chi connectivity index (χ1) is 7.45. The normalized spacial score (nSPS) is 16.5. The second-order valence-corrected chi connectivity index (χ2v) is 4.00. The van der Waals surface area contributed by atoms with E-state index in [1.54, 1.807) is 6.20 Å². The van der Waals surface area contributed by atoms with Crippen LogP contribution < -0.4 is 10.1 Å². The van der Waals surface area contributed by atoms with Crippen molar-refractivity contribution in [1.82, 2.24) is 10.3 Å². The Morgan fingerprint density at radius 1 is 1.31 bits per heavy atom. The van der Waals surface area contributed by atoms with Gasteiger partial charge in [0, 0.05) is 12.3 Å². The Morgan fingerprint density at radius 2 is 2.12 bits per heavy atom. The minimum absolute atomic E-state index is 0. The molecular weight excluding hydrogens is 224 g/mol. The van der Waals surface area contributed by atoms with Crippen LogP contribution in [0.5, 0.6) is 5.88 Å². The first-order valence-corrected chi connectivity index (χ1v) is 5.70. The van der Waals surface area contributed by atoms with Crippen LogP contribution in [0.2, 0.25) is 0 Å². The molecule has 0 bridgehead atoms. The summed E-state index contributed by atoms with van der Waals surface area (Å²) >= 11 is 0. The highest BCUT2D eigenvalue weighted by molar-refractivity contribution is 5.85. The summed E-state index contributed by atoms with van der Waals surface area (Å²) in [4.78, 5) is 4.13. The largest absolute Gasteiger partial charge is 0.478 e. The van der Waals surface area contributed by atoms with E-state index in [0.717, 1.165) is 37.9 Å². The van der Waals surface area contributed by atoms with E-state index in [9.17, 15) is 0 Å². The maximum Gasteiger partial charge on any atom is 0.213 e. The molecule has 2 rings (SSSR count). The monoisotopic (exact) mass is 242 g/mol. The van der Waals surface area contributed by atoms with E-state index in [2.05, 4.69) is 10.3 Å². The predicted molar refractivity (Wildman–Crippen MR) is 67.2 cm³/mol. The molecule has 0 radical (unpaired) electrons. The number of rotatable bonds is 4. The summed E-state index contributed by atoms with van der Waals surface area (Å²) in [6.07, 6.45) is 5.48. The average molecular weight is 243 g/mol. The van der Waals surface area contributed by atoms with Gasteiger partial charge in [0.1, 0.15) is 0 Å². The molecule has 0 unspecified atom stereocenters. The number of nitrogens with zero attached hydrogens (tertiary/aromatic N) is 1. The van der Waals surface area contributed by atoms with Gasteiger partial charge in [-0.05, 0) is 44.3 Å². The van der Waals surface area contributed by atoms with Crippen LogP contribution >= 0.6 is 12.4 Å². The van der Waals surface area contributed by atoms with Gasteiger partial charge in [-0.2, -0.15) is 0 Å². The highest BCUT2D eigenvalue weighted by Crippen LogP contribution is 2.16. The molecule has 0 atom stereocenters. The van der Waals surface area contributed by atoms with Gasteiger partial charge in [0.15, 0.2) is 0 Å². The van der Waals surface area contributed by atoms with E-state index in [1.165, 1.54) is 12.8 Å². The molecule has 1 N–H and O–H groups in total. The van der Waals surface area contributed by atoms with Crippen molar-refractivity contribution in [3.63, 3.8) is 0 Å². The SMILES string of the molecule is Cl.c1ccc(OCCC2CCNCC2)nc1. The summed E-state index contributed by atoms with van der Waals surface area (Å²) in [6, 6.07) is 5.76. The smallest absolute Gasteiger partial charge is 0.213 e. The fraction of sp³-hybridized carbons (Fsp3) is 0.583. The van der Waals surface area contributed by atoms with Crippen LogP contribution in [0.4, 0.5) is 0 Å². The molecule has 0 amide bonds. The van der Waals surface area contributed by atoms with Gasteiger partial charge < -0.3 is 10.1 Å². The van der Waals surface area contributed by atoms with Gasteiger partial charge in [0.2, 0.25) is 5.88 Å². The Balaban J connectivity index is 0.00000128. The maximum atomic E-state index is 5.58. The van der Waals surface area contributed by atoms with Crippen molar-refractivity contribution in [3.8, 4) is 5.88 Å². The summed E-state index contributed by atoms with van der Waals surface area (Å²) in [5.41, 5.74) is 0. The Labute approximate surface area is 103 Å².